The molecule has 0 spiro atoms. The lowest BCUT2D eigenvalue weighted by atomic mass is 10.2. The minimum Gasteiger partial charge on any atom is -0.272 e. The molecule has 0 unspecified atom stereocenters. The second kappa shape index (κ2) is 9.59. The van der Waals surface area contributed by atoms with Gasteiger partial charge in [-0.2, -0.15) is 5.10 Å². The zero-order valence-corrected chi connectivity index (χ0v) is 15.2. The van der Waals surface area contributed by atoms with Crippen molar-refractivity contribution in [2.24, 2.45) is 5.10 Å². The van der Waals surface area contributed by atoms with Crippen LogP contribution < -0.4 is 5.43 Å². The quantitative estimate of drug-likeness (QED) is 0.268. The summed E-state index contributed by atoms with van der Waals surface area (Å²) in [5.74, 6) is 0.0312. The number of thioether (sulfide) groups is 3. The number of amides is 1. The van der Waals surface area contributed by atoms with Gasteiger partial charge in [-0.1, -0.05) is 42.1 Å². The number of carbonyl (C=O) groups excluding carboxylic acids is 1. The molecular weight excluding hydrogens is 348 g/mol. The summed E-state index contributed by atoms with van der Waals surface area (Å²) in [5.41, 5.74) is 3.43. The number of rotatable bonds is 7. The van der Waals surface area contributed by atoms with Gasteiger partial charge in [0.05, 0.1) is 12.0 Å². The zero-order valence-electron chi connectivity index (χ0n) is 12.7. The molecule has 0 bridgehead atoms. The normalized spacial score (nSPS) is 10.9. The fraction of sp³-hybridized carbons (Fsp3) is 0.200. The fourth-order valence-electron chi connectivity index (χ4n) is 1.54. The highest BCUT2D eigenvalue weighted by atomic mass is 32.2. The smallest absolute Gasteiger partial charge is 0.250 e. The summed E-state index contributed by atoms with van der Waals surface area (Å²) in [6, 6.07) is 11.5. The van der Waals surface area contributed by atoms with Gasteiger partial charge in [0.25, 0.3) is 5.91 Å². The molecule has 23 heavy (non-hydrogen) atoms. The van der Waals surface area contributed by atoms with Gasteiger partial charge in [-0.25, -0.2) is 15.4 Å². The highest BCUT2D eigenvalue weighted by molar-refractivity contribution is 8.00. The number of nitrogens with zero attached hydrogens (tertiary/aromatic N) is 3. The Bertz CT molecular complexity index is 657. The Kier molecular flexibility index (Phi) is 7.44. The number of nitrogens with one attached hydrogen (secondary N) is 1. The Morgan fingerprint density at radius 2 is 1.83 bits per heavy atom. The third-order valence-corrected chi connectivity index (χ3v) is 4.71. The van der Waals surface area contributed by atoms with Crippen molar-refractivity contribution < 1.29 is 4.79 Å². The Hall–Kier alpha value is -1.51. The largest absolute Gasteiger partial charge is 0.272 e. The van der Waals surface area contributed by atoms with Crippen molar-refractivity contribution in [1.82, 2.24) is 15.4 Å². The maximum Gasteiger partial charge on any atom is 0.250 e. The number of hydrogen-bond donors (Lipinski definition) is 1. The maximum atomic E-state index is 11.8. The van der Waals surface area contributed by atoms with E-state index in [-0.39, 0.29) is 11.7 Å². The number of benzene rings is 1. The first-order valence-electron chi connectivity index (χ1n) is 6.68. The molecule has 0 saturated heterocycles. The second-order valence-corrected chi connectivity index (χ2v) is 6.82. The fourth-order valence-corrected chi connectivity index (χ4v) is 3.19. The first-order chi connectivity index (χ1) is 11.2. The highest BCUT2D eigenvalue weighted by Crippen LogP contribution is 2.23. The Labute approximate surface area is 148 Å². The van der Waals surface area contributed by atoms with Crippen molar-refractivity contribution in [3.63, 3.8) is 0 Å². The lowest BCUT2D eigenvalue weighted by molar-refractivity contribution is -0.118. The second-order valence-electron chi connectivity index (χ2n) is 4.23. The van der Waals surface area contributed by atoms with E-state index in [4.69, 9.17) is 0 Å². The van der Waals surface area contributed by atoms with E-state index in [1.807, 2.05) is 48.9 Å². The van der Waals surface area contributed by atoms with Crippen LogP contribution in [0.3, 0.4) is 0 Å². The molecule has 8 heteroatoms. The minimum atomic E-state index is -0.189. The molecule has 2 rings (SSSR count). The molecule has 1 amide bonds. The van der Waals surface area contributed by atoms with Gasteiger partial charge >= 0.3 is 0 Å². The van der Waals surface area contributed by atoms with Crippen LogP contribution in [-0.2, 0) is 4.79 Å². The lowest BCUT2D eigenvalue weighted by Gasteiger charge is -2.04. The van der Waals surface area contributed by atoms with E-state index >= 15 is 0 Å². The first kappa shape index (κ1) is 17.8. The summed E-state index contributed by atoms with van der Waals surface area (Å²) >= 11 is 4.41. The SMILES string of the molecule is CSc1cc(SC)nc(SCC(=O)N/N=C/c2ccccc2)n1. The van der Waals surface area contributed by atoms with Gasteiger partial charge in [0.1, 0.15) is 10.1 Å². The average molecular weight is 365 g/mol. The summed E-state index contributed by atoms with van der Waals surface area (Å²) in [5, 5.41) is 6.33. The van der Waals surface area contributed by atoms with Crippen LogP contribution in [0.25, 0.3) is 0 Å². The molecular formula is C15H16N4OS3. The summed E-state index contributed by atoms with van der Waals surface area (Å²) in [6.07, 6.45) is 5.54. The van der Waals surface area contributed by atoms with E-state index in [1.54, 1.807) is 29.7 Å². The lowest BCUT2D eigenvalue weighted by Crippen LogP contribution is -2.19. The predicted octanol–water partition coefficient (Wildman–Crippen LogP) is 3.16. The summed E-state index contributed by atoms with van der Waals surface area (Å²) in [4.78, 5) is 20.6. The Morgan fingerprint density at radius 3 is 2.43 bits per heavy atom. The topological polar surface area (TPSA) is 67.2 Å². The molecule has 0 aliphatic heterocycles. The number of carbonyl (C=O) groups is 1. The monoisotopic (exact) mass is 364 g/mol. The van der Waals surface area contributed by atoms with E-state index in [2.05, 4.69) is 20.5 Å². The molecule has 0 saturated carbocycles. The van der Waals surface area contributed by atoms with Gasteiger partial charge < -0.3 is 0 Å². The molecule has 0 aliphatic carbocycles. The van der Waals surface area contributed by atoms with E-state index in [1.165, 1.54) is 11.8 Å². The van der Waals surface area contributed by atoms with E-state index in [0.29, 0.717) is 5.16 Å². The Morgan fingerprint density at radius 1 is 1.17 bits per heavy atom. The van der Waals surface area contributed by atoms with Gasteiger partial charge in [0, 0.05) is 6.07 Å². The zero-order chi connectivity index (χ0) is 16.5. The van der Waals surface area contributed by atoms with E-state index < -0.39 is 0 Å². The first-order valence-corrected chi connectivity index (χ1v) is 10.1. The molecule has 1 heterocycles. The molecule has 2 aromatic rings. The van der Waals surface area contributed by atoms with Crippen LogP contribution in [0.15, 0.2) is 56.7 Å². The molecule has 5 nitrogen and oxygen atoms in total. The van der Waals surface area contributed by atoms with Crippen LogP contribution in [0.4, 0.5) is 0 Å². The van der Waals surface area contributed by atoms with Crippen LogP contribution in [0, 0.1) is 0 Å². The van der Waals surface area contributed by atoms with Crippen molar-refractivity contribution >= 4 is 47.4 Å². The molecule has 0 aliphatic rings. The molecule has 0 fully saturated rings. The average Bonchev–Trinajstić information content (AvgIpc) is 2.60. The summed E-state index contributed by atoms with van der Waals surface area (Å²) in [6.45, 7) is 0. The molecule has 120 valence electrons. The van der Waals surface area contributed by atoms with Gasteiger partial charge in [0.2, 0.25) is 0 Å². The molecule has 0 atom stereocenters. The van der Waals surface area contributed by atoms with Gasteiger partial charge in [-0.3, -0.25) is 4.79 Å². The van der Waals surface area contributed by atoms with Crippen LogP contribution >= 0.6 is 35.3 Å². The number of hydrogen-bond acceptors (Lipinski definition) is 7. The van der Waals surface area contributed by atoms with E-state index in [9.17, 15) is 4.79 Å². The third kappa shape index (κ3) is 6.25. The molecule has 1 aromatic carbocycles. The van der Waals surface area contributed by atoms with Crippen LogP contribution in [-0.4, -0.2) is 40.4 Å². The van der Waals surface area contributed by atoms with Crippen molar-refractivity contribution in [2.75, 3.05) is 18.3 Å². The van der Waals surface area contributed by atoms with Crippen molar-refractivity contribution in [3.05, 3.63) is 42.0 Å². The number of aromatic nitrogens is 2. The maximum absolute atomic E-state index is 11.8. The van der Waals surface area contributed by atoms with Gasteiger partial charge in [-0.05, 0) is 18.1 Å². The van der Waals surface area contributed by atoms with Crippen LogP contribution in [0.2, 0.25) is 0 Å². The summed E-state index contributed by atoms with van der Waals surface area (Å²) < 4.78 is 0. The van der Waals surface area contributed by atoms with Crippen molar-refractivity contribution in [1.29, 1.82) is 0 Å². The third-order valence-electron chi connectivity index (χ3n) is 2.61. The highest BCUT2D eigenvalue weighted by Gasteiger charge is 2.07. The number of hydrazone groups is 1. The van der Waals surface area contributed by atoms with E-state index in [0.717, 1.165) is 15.6 Å². The molecule has 1 aromatic heterocycles. The van der Waals surface area contributed by atoms with Crippen molar-refractivity contribution in [3.8, 4) is 0 Å². The van der Waals surface area contributed by atoms with Crippen LogP contribution in [0.1, 0.15) is 5.56 Å². The van der Waals surface area contributed by atoms with Gasteiger partial charge in [-0.15, -0.1) is 23.5 Å². The van der Waals surface area contributed by atoms with Crippen LogP contribution in [0.5, 0.6) is 0 Å². The minimum absolute atomic E-state index is 0.189. The predicted molar refractivity (Wildman–Crippen MR) is 98.5 cm³/mol. The molecule has 1 N–H and O–H groups in total. The van der Waals surface area contributed by atoms with Gasteiger partial charge in [0.15, 0.2) is 5.16 Å². The summed E-state index contributed by atoms with van der Waals surface area (Å²) in [7, 11) is 0. The van der Waals surface area contributed by atoms with Crippen molar-refractivity contribution in [2.45, 2.75) is 15.2 Å². The molecule has 0 radical (unpaired) electrons. The Balaban J connectivity index is 1.85. The standard InChI is InChI=1S/C15H16N4OS3/c1-21-13-8-14(22-2)18-15(17-13)23-10-12(20)19-16-9-11-6-4-3-5-7-11/h3-9H,10H2,1-2H3,(H,19,20)/b16-9+.